The zero-order chi connectivity index (χ0) is 26.7. The summed E-state index contributed by atoms with van der Waals surface area (Å²) in [5, 5.41) is 0. The number of cyclic esters (lactones) is 1. The van der Waals surface area contributed by atoms with E-state index >= 15 is 0 Å². The van der Waals surface area contributed by atoms with Crippen molar-refractivity contribution in [3.63, 3.8) is 0 Å². The Kier molecular flexibility index (Phi) is 15.9. The van der Waals surface area contributed by atoms with Gasteiger partial charge in [0.05, 0.1) is 5.92 Å². The first-order valence-electron chi connectivity index (χ1n) is 15.2. The van der Waals surface area contributed by atoms with Gasteiger partial charge in [-0.15, -0.1) is 0 Å². The molecule has 1 saturated heterocycles. The monoisotopic (exact) mass is 508 g/mol. The van der Waals surface area contributed by atoms with Crippen LogP contribution in [0.5, 0.6) is 0 Å². The van der Waals surface area contributed by atoms with E-state index in [1.807, 2.05) is 19.3 Å². The van der Waals surface area contributed by atoms with E-state index in [1.165, 1.54) is 82.6 Å². The van der Waals surface area contributed by atoms with Gasteiger partial charge in [-0.2, -0.15) is 0 Å². The molecule has 1 aliphatic rings. The van der Waals surface area contributed by atoms with Crippen LogP contribution in [0.15, 0.2) is 36.7 Å². The van der Waals surface area contributed by atoms with Gasteiger partial charge in [0.1, 0.15) is 6.10 Å². The Morgan fingerprint density at radius 3 is 1.86 bits per heavy atom. The standard InChI is InChI=1S/C23H30N2O2.C10H22/c1-3-4-5-6-7-21-14-20(23(26)27-21)13-10-18-8-11-19(12-9-18)22-24-15-17(2)16-25-22;1-3-5-7-9-10-8-6-4-2/h8-9,11-12,15-16,20-21H,3-7,10,13-14H2,1-2H3;3-10H2,1-2H3. The van der Waals surface area contributed by atoms with Gasteiger partial charge in [-0.3, -0.25) is 4.79 Å². The smallest absolute Gasteiger partial charge is 0.309 e. The van der Waals surface area contributed by atoms with Crippen LogP contribution in [0.4, 0.5) is 0 Å². The number of aromatic nitrogens is 2. The Labute approximate surface area is 227 Å². The fourth-order valence-electron chi connectivity index (χ4n) is 4.84. The fourth-order valence-corrected chi connectivity index (χ4v) is 4.84. The predicted molar refractivity (Wildman–Crippen MR) is 156 cm³/mol. The number of carbonyl (C=O) groups is 1. The van der Waals surface area contributed by atoms with Crippen molar-refractivity contribution in [2.45, 2.75) is 137 Å². The number of aryl methyl sites for hydroxylation is 2. The highest BCUT2D eigenvalue weighted by Crippen LogP contribution is 2.29. The molecule has 1 aliphatic heterocycles. The maximum Gasteiger partial charge on any atom is 0.309 e. The average Bonchev–Trinajstić information content (AvgIpc) is 3.27. The lowest BCUT2D eigenvalue weighted by Gasteiger charge is -2.08. The third kappa shape index (κ3) is 12.7. The summed E-state index contributed by atoms with van der Waals surface area (Å²) in [6.45, 7) is 8.74. The minimum Gasteiger partial charge on any atom is -0.462 e. The third-order valence-electron chi connectivity index (χ3n) is 7.27. The maximum absolute atomic E-state index is 12.1. The molecule has 0 N–H and O–H groups in total. The molecular formula is C33H52N2O2. The van der Waals surface area contributed by atoms with Crippen molar-refractivity contribution in [3.8, 4) is 11.4 Å². The lowest BCUT2D eigenvalue weighted by Crippen LogP contribution is -2.08. The van der Waals surface area contributed by atoms with E-state index in [0.717, 1.165) is 42.6 Å². The molecule has 0 radical (unpaired) electrons. The minimum absolute atomic E-state index is 0.000155. The summed E-state index contributed by atoms with van der Waals surface area (Å²) in [6.07, 6.45) is 23.9. The van der Waals surface area contributed by atoms with Crippen molar-refractivity contribution in [2.75, 3.05) is 0 Å². The summed E-state index contributed by atoms with van der Waals surface area (Å²) in [5.41, 5.74) is 3.32. The Bertz CT molecular complexity index is 840. The Morgan fingerprint density at radius 1 is 0.757 bits per heavy atom. The van der Waals surface area contributed by atoms with Gasteiger partial charge < -0.3 is 4.74 Å². The molecular weight excluding hydrogens is 456 g/mol. The van der Waals surface area contributed by atoms with Gasteiger partial charge >= 0.3 is 5.97 Å². The summed E-state index contributed by atoms with van der Waals surface area (Å²) in [6, 6.07) is 8.34. The van der Waals surface area contributed by atoms with Gasteiger partial charge in [-0.25, -0.2) is 9.97 Å². The first kappa shape index (κ1) is 31.0. The van der Waals surface area contributed by atoms with E-state index in [-0.39, 0.29) is 18.0 Å². The van der Waals surface area contributed by atoms with Crippen molar-refractivity contribution >= 4 is 5.97 Å². The number of ether oxygens (including phenoxy) is 1. The fraction of sp³-hybridized carbons (Fsp3) is 0.667. The zero-order valence-corrected chi connectivity index (χ0v) is 24.1. The quantitative estimate of drug-likeness (QED) is 0.167. The van der Waals surface area contributed by atoms with Crippen LogP contribution in [0.1, 0.15) is 128 Å². The predicted octanol–water partition coefficient (Wildman–Crippen LogP) is 9.43. The van der Waals surface area contributed by atoms with Crippen LogP contribution in [0.2, 0.25) is 0 Å². The normalized spacial score (nSPS) is 16.8. The summed E-state index contributed by atoms with van der Waals surface area (Å²) < 4.78 is 5.57. The summed E-state index contributed by atoms with van der Waals surface area (Å²) >= 11 is 0. The molecule has 3 rings (SSSR count). The van der Waals surface area contributed by atoms with Crippen LogP contribution in [-0.2, 0) is 16.0 Å². The highest BCUT2D eigenvalue weighted by Gasteiger charge is 2.33. The highest BCUT2D eigenvalue weighted by atomic mass is 16.5. The van der Waals surface area contributed by atoms with Crippen molar-refractivity contribution in [3.05, 3.63) is 47.8 Å². The van der Waals surface area contributed by atoms with Gasteiger partial charge in [0.25, 0.3) is 0 Å². The molecule has 1 fully saturated rings. The van der Waals surface area contributed by atoms with Crippen LogP contribution in [0.25, 0.3) is 11.4 Å². The molecule has 2 unspecified atom stereocenters. The largest absolute Gasteiger partial charge is 0.462 e. The topological polar surface area (TPSA) is 52.1 Å². The second-order valence-corrected chi connectivity index (χ2v) is 10.8. The van der Waals surface area contributed by atoms with Crippen molar-refractivity contribution < 1.29 is 9.53 Å². The summed E-state index contributed by atoms with van der Waals surface area (Å²) in [7, 11) is 0. The Morgan fingerprint density at radius 2 is 1.30 bits per heavy atom. The minimum atomic E-state index is 0.000155. The van der Waals surface area contributed by atoms with Crippen LogP contribution in [0, 0.1) is 12.8 Å². The molecule has 4 heteroatoms. The molecule has 1 aromatic heterocycles. The first-order valence-corrected chi connectivity index (χ1v) is 15.2. The molecule has 2 atom stereocenters. The zero-order valence-electron chi connectivity index (χ0n) is 24.1. The van der Waals surface area contributed by atoms with E-state index in [9.17, 15) is 4.79 Å². The van der Waals surface area contributed by atoms with E-state index in [0.29, 0.717) is 0 Å². The number of benzene rings is 1. The first-order chi connectivity index (χ1) is 18.1. The molecule has 37 heavy (non-hydrogen) atoms. The lowest BCUT2D eigenvalue weighted by atomic mass is 9.94. The molecule has 2 heterocycles. The van der Waals surface area contributed by atoms with Gasteiger partial charge in [0.2, 0.25) is 0 Å². The molecule has 1 aromatic carbocycles. The van der Waals surface area contributed by atoms with Crippen molar-refractivity contribution in [2.24, 2.45) is 5.92 Å². The number of nitrogens with zero attached hydrogens (tertiary/aromatic N) is 2. The number of unbranched alkanes of at least 4 members (excludes halogenated alkanes) is 10. The molecule has 206 valence electrons. The molecule has 0 bridgehead atoms. The number of rotatable bonds is 16. The number of carbonyl (C=O) groups excluding carboxylic acids is 1. The van der Waals surface area contributed by atoms with Gasteiger partial charge in [-0.05, 0) is 50.2 Å². The SMILES string of the molecule is CCCCCCC1CC(CCc2ccc(-c3ncc(C)cn3)cc2)C(=O)O1.CCCCCCCCCC. The Balaban J connectivity index is 0.000000410. The van der Waals surface area contributed by atoms with E-state index in [1.54, 1.807) is 0 Å². The number of hydrogen-bond acceptors (Lipinski definition) is 4. The van der Waals surface area contributed by atoms with Crippen molar-refractivity contribution in [1.29, 1.82) is 0 Å². The average molecular weight is 509 g/mol. The highest BCUT2D eigenvalue weighted by molar-refractivity contribution is 5.74. The Hall–Kier alpha value is -2.23. The van der Waals surface area contributed by atoms with E-state index in [4.69, 9.17) is 4.74 Å². The van der Waals surface area contributed by atoms with Gasteiger partial charge in [-0.1, -0.05) is 116 Å². The van der Waals surface area contributed by atoms with E-state index in [2.05, 4.69) is 55.0 Å². The third-order valence-corrected chi connectivity index (χ3v) is 7.27. The van der Waals surface area contributed by atoms with Crippen LogP contribution in [-0.4, -0.2) is 22.0 Å². The molecule has 0 amide bonds. The molecule has 4 nitrogen and oxygen atoms in total. The second-order valence-electron chi connectivity index (χ2n) is 10.8. The lowest BCUT2D eigenvalue weighted by molar-refractivity contribution is -0.144. The molecule has 2 aromatic rings. The summed E-state index contributed by atoms with van der Waals surface area (Å²) in [4.78, 5) is 20.9. The van der Waals surface area contributed by atoms with Crippen LogP contribution >= 0.6 is 0 Å². The van der Waals surface area contributed by atoms with Crippen molar-refractivity contribution in [1.82, 2.24) is 9.97 Å². The van der Waals surface area contributed by atoms with Gasteiger partial charge in [0, 0.05) is 18.0 Å². The maximum atomic E-state index is 12.1. The van der Waals surface area contributed by atoms with Crippen LogP contribution in [0.3, 0.4) is 0 Å². The summed E-state index contributed by atoms with van der Waals surface area (Å²) in [5.74, 6) is 0.805. The van der Waals surface area contributed by atoms with Gasteiger partial charge in [0.15, 0.2) is 5.82 Å². The molecule has 0 aliphatic carbocycles. The molecule has 0 saturated carbocycles. The molecule has 0 spiro atoms. The number of hydrogen-bond donors (Lipinski definition) is 0. The second kappa shape index (κ2) is 18.9. The van der Waals surface area contributed by atoms with E-state index < -0.39 is 0 Å². The van der Waals surface area contributed by atoms with Crippen LogP contribution < -0.4 is 0 Å². The number of esters is 1.